The van der Waals surface area contributed by atoms with Gasteiger partial charge in [-0.05, 0) is 69.7 Å². The van der Waals surface area contributed by atoms with Gasteiger partial charge in [-0.15, -0.1) is 0 Å². The van der Waals surface area contributed by atoms with Gasteiger partial charge in [-0.25, -0.2) is 17.5 Å². The van der Waals surface area contributed by atoms with Gasteiger partial charge in [-0.2, -0.15) is 5.26 Å². The van der Waals surface area contributed by atoms with E-state index in [4.69, 9.17) is 16.3 Å². The normalized spacial score (nSPS) is 14.6. The Morgan fingerprint density at radius 3 is 2.46 bits per heavy atom. The molecule has 1 saturated heterocycles. The minimum atomic E-state index is -3.26. The molecule has 0 bridgehead atoms. The number of unbranched alkanes of at least 4 members (excludes halogenated alkanes) is 3. The monoisotopic (exact) mass is 669 g/mol. The van der Waals surface area contributed by atoms with Crippen LogP contribution in [0.2, 0.25) is 5.02 Å². The number of fused-ring (bicyclic) bond motifs is 1. The molecule has 1 aliphatic heterocycles. The van der Waals surface area contributed by atoms with Crippen molar-refractivity contribution in [3.63, 3.8) is 0 Å². The number of ether oxygens (including phenoxy) is 1. The van der Waals surface area contributed by atoms with Gasteiger partial charge in [0.05, 0.1) is 28.4 Å². The van der Waals surface area contributed by atoms with Crippen molar-refractivity contribution in [3.8, 4) is 17.2 Å². The van der Waals surface area contributed by atoms with Crippen LogP contribution in [0.3, 0.4) is 0 Å². The molecule has 0 unspecified atom stereocenters. The van der Waals surface area contributed by atoms with Crippen molar-refractivity contribution >= 4 is 44.5 Å². The highest BCUT2D eigenvalue weighted by molar-refractivity contribution is 7.88. The first-order valence-electron chi connectivity index (χ1n) is 15.8. The van der Waals surface area contributed by atoms with Gasteiger partial charge in [-0.3, -0.25) is 4.79 Å². The van der Waals surface area contributed by atoms with Crippen LogP contribution in [0.15, 0.2) is 42.6 Å². The molecule has 46 heavy (non-hydrogen) atoms. The van der Waals surface area contributed by atoms with E-state index in [0.29, 0.717) is 49.5 Å². The van der Waals surface area contributed by atoms with Crippen LogP contribution in [0.1, 0.15) is 82.9 Å². The minimum Gasteiger partial charge on any atom is -0.444 e. The van der Waals surface area contributed by atoms with Crippen molar-refractivity contribution in [3.05, 3.63) is 58.7 Å². The van der Waals surface area contributed by atoms with Gasteiger partial charge in [0, 0.05) is 55.8 Å². The Bertz CT molecular complexity index is 1700. The number of aromatic nitrogens is 1. The summed E-state index contributed by atoms with van der Waals surface area (Å²) in [5, 5.41) is 16.7. The molecule has 2 amide bonds. The van der Waals surface area contributed by atoms with Gasteiger partial charge in [-0.1, -0.05) is 48.7 Å². The minimum absolute atomic E-state index is 0.0371. The summed E-state index contributed by atoms with van der Waals surface area (Å²) in [6.45, 7) is 7.14. The number of carbonyl (C=O) groups is 2. The molecule has 2 N–H and O–H groups in total. The van der Waals surface area contributed by atoms with E-state index >= 15 is 0 Å². The standard InChI is InChI=1S/C34H44ClN5O5S/c1-34(2,3)45-33(42)37-17-8-6-5-7-12-30(41)38-22-26-13-14-28-29(25-11-9-10-24(20-25)21-36)23-40(32(28)31(26)35)27-15-18-39(19-16-27)46(4,43)44/h9-11,13-14,20,23,27H,5-8,12,15-19,22H2,1-4H3,(H,37,42)(H,38,41). The van der Waals surface area contributed by atoms with Crippen LogP contribution in [0, 0.1) is 11.3 Å². The number of halogens is 1. The molecule has 0 atom stereocenters. The second kappa shape index (κ2) is 15.3. The van der Waals surface area contributed by atoms with Crippen molar-refractivity contribution in [2.45, 2.75) is 83.9 Å². The number of nitrogens with zero attached hydrogens (tertiary/aromatic N) is 3. The largest absolute Gasteiger partial charge is 0.444 e. The predicted octanol–water partition coefficient (Wildman–Crippen LogP) is 6.52. The summed E-state index contributed by atoms with van der Waals surface area (Å²) < 4.78 is 33.1. The van der Waals surface area contributed by atoms with Gasteiger partial charge in [0.15, 0.2) is 0 Å². The summed E-state index contributed by atoms with van der Waals surface area (Å²) in [5.74, 6) is -0.0550. The second-order valence-corrected chi connectivity index (χ2v) is 15.2. The van der Waals surface area contributed by atoms with Crippen LogP contribution < -0.4 is 10.6 Å². The number of amides is 2. The second-order valence-electron chi connectivity index (χ2n) is 12.8. The topological polar surface area (TPSA) is 134 Å². The number of piperidine rings is 1. The number of rotatable bonds is 12. The SMILES string of the molecule is CC(C)(C)OC(=O)NCCCCCCC(=O)NCc1ccc2c(-c3cccc(C#N)c3)cn(C3CCN(S(C)(=O)=O)CC3)c2c1Cl. The molecule has 1 fully saturated rings. The number of benzene rings is 2. The summed E-state index contributed by atoms with van der Waals surface area (Å²) in [5.41, 5.74) is 3.50. The van der Waals surface area contributed by atoms with Crippen LogP contribution >= 0.6 is 11.6 Å². The maximum absolute atomic E-state index is 12.7. The van der Waals surface area contributed by atoms with Crippen LogP contribution in [-0.4, -0.2) is 60.8 Å². The maximum Gasteiger partial charge on any atom is 0.407 e. The van der Waals surface area contributed by atoms with Gasteiger partial charge in [0.25, 0.3) is 0 Å². The molecular formula is C34H44ClN5O5S. The average Bonchev–Trinajstić information content (AvgIpc) is 3.39. The lowest BCUT2D eigenvalue weighted by molar-refractivity contribution is -0.121. The van der Waals surface area contributed by atoms with Gasteiger partial charge >= 0.3 is 6.09 Å². The summed E-state index contributed by atoms with van der Waals surface area (Å²) in [6, 6.07) is 13.6. The third-order valence-electron chi connectivity index (χ3n) is 8.08. The number of hydrogen-bond acceptors (Lipinski definition) is 6. The fourth-order valence-electron chi connectivity index (χ4n) is 5.76. The lowest BCUT2D eigenvalue weighted by Gasteiger charge is -2.31. The molecule has 0 spiro atoms. The van der Waals surface area contributed by atoms with E-state index in [1.54, 1.807) is 6.07 Å². The number of nitrogens with one attached hydrogen (secondary N) is 2. The van der Waals surface area contributed by atoms with E-state index in [1.165, 1.54) is 10.6 Å². The molecule has 248 valence electrons. The molecule has 10 nitrogen and oxygen atoms in total. The number of hydrogen-bond donors (Lipinski definition) is 2. The molecule has 2 aromatic carbocycles. The molecule has 1 aliphatic rings. The fraction of sp³-hybridized carbons (Fsp3) is 0.500. The van der Waals surface area contributed by atoms with Crippen LogP contribution in [0.4, 0.5) is 4.79 Å². The lowest BCUT2D eigenvalue weighted by Crippen LogP contribution is -2.38. The fourth-order valence-corrected chi connectivity index (χ4v) is 6.97. The Morgan fingerprint density at radius 1 is 1.07 bits per heavy atom. The highest BCUT2D eigenvalue weighted by Crippen LogP contribution is 2.40. The quantitative estimate of drug-likeness (QED) is 0.211. The molecule has 12 heteroatoms. The van der Waals surface area contributed by atoms with E-state index in [2.05, 4.69) is 27.5 Å². The summed E-state index contributed by atoms with van der Waals surface area (Å²) >= 11 is 7.07. The molecule has 1 aromatic heterocycles. The van der Waals surface area contributed by atoms with Crippen LogP contribution in [0.25, 0.3) is 22.0 Å². The molecule has 0 saturated carbocycles. The van der Waals surface area contributed by atoms with Crippen molar-refractivity contribution < 1.29 is 22.7 Å². The molecule has 2 heterocycles. The Balaban J connectivity index is 1.41. The molecule has 0 radical (unpaired) electrons. The molecule has 0 aliphatic carbocycles. The van der Waals surface area contributed by atoms with E-state index in [-0.39, 0.29) is 18.5 Å². The summed E-state index contributed by atoms with van der Waals surface area (Å²) in [6.07, 6.45) is 7.87. The van der Waals surface area contributed by atoms with E-state index in [0.717, 1.165) is 53.3 Å². The maximum atomic E-state index is 12.7. The predicted molar refractivity (Wildman–Crippen MR) is 181 cm³/mol. The zero-order valence-corrected chi connectivity index (χ0v) is 28.6. The van der Waals surface area contributed by atoms with Gasteiger partial charge < -0.3 is 19.9 Å². The summed E-state index contributed by atoms with van der Waals surface area (Å²) in [4.78, 5) is 24.4. The molecule has 4 rings (SSSR count). The van der Waals surface area contributed by atoms with E-state index < -0.39 is 21.7 Å². The molecular weight excluding hydrogens is 626 g/mol. The first-order valence-corrected chi connectivity index (χ1v) is 18.0. The van der Waals surface area contributed by atoms with Crippen LogP contribution in [-0.2, 0) is 26.1 Å². The van der Waals surface area contributed by atoms with Crippen molar-refractivity contribution in [2.75, 3.05) is 25.9 Å². The Hall–Kier alpha value is -3.59. The zero-order chi connectivity index (χ0) is 33.5. The van der Waals surface area contributed by atoms with E-state index in [9.17, 15) is 23.3 Å². The molecule has 3 aromatic rings. The Kier molecular flexibility index (Phi) is 11.8. The first kappa shape index (κ1) is 35.3. The summed E-state index contributed by atoms with van der Waals surface area (Å²) in [7, 11) is -3.26. The number of nitriles is 1. The van der Waals surface area contributed by atoms with E-state index in [1.807, 2.05) is 51.1 Å². The number of carbonyl (C=O) groups excluding carboxylic acids is 2. The van der Waals surface area contributed by atoms with Crippen molar-refractivity contribution in [2.24, 2.45) is 0 Å². The van der Waals surface area contributed by atoms with Crippen molar-refractivity contribution in [1.82, 2.24) is 19.5 Å². The van der Waals surface area contributed by atoms with Crippen molar-refractivity contribution in [1.29, 1.82) is 5.26 Å². The Labute approximate surface area is 277 Å². The number of alkyl carbamates (subject to hydrolysis) is 1. The highest BCUT2D eigenvalue weighted by Gasteiger charge is 2.28. The highest BCUT2D eigenvalue weighted by atomic mass is 35.5. The third kappa shape index (κ3) is 9.47. The zero-order valence-electron chi connectivity index (χ0n) is 27.1. The Morgan fingerprint density at radius 2 is 1.78 bits per heavy atom. The lowest BCUT2D eigenvalue weighted by atomic mass is 10.0. The number of sulfonamides is 1. The van der Waals surface area contributed by atoms with Gasteiger partial charge in [0.2, 0.25) is 15.9 Å². The van der Waals surface area contributed by atoms with Gasteiger partial charge in [0.1, 0.15) is 5.60 Å². The first-order chi connectivity index (χ1) is 21.8. The smallest absolute Gasteiger partial charge is 0.407 e. The third-order valence-corrected chi connectivity index (χ3v) is 9.80. The average molecular weight is 670 g/mol. The van der Waals surface area contributed by atoms with Crippen LogP contribution in [0.5, 0.6) is 0 Å².